The smallest absolute Gasteiger partial charge is 0.272 e. The minimum atomic E-state index is -2.52. The average Bonchev–Trinajstić information content (AvgIpc) is 2.01. The van der Waals surface area contributed by atoms with Gasteiger partial charge in [0.25, 0.3) is 6.43 Å². The van der Waals surface area contributed by atoms with Crippen LogP contribution in [0.25, 0.3) is 0 Å². The molecular weight excluding hydrogens is 190 g/mol. The van der Waals surface area contributed by atoms with Crippen molar-refractivity contribution in [2.75, 3.05) is 6.61 Å². The molecule has 3 nitrogen and oxygen atoms in total. The Kier molecular flexibility index (Phi) is 3.16. The standard InChI is InChI=1S/C6H5ClF2N2O/c7-4-1-10-2-6(11-4)12-3-5(8)9/h1-2,5H,3H2. The van der Waals surface area contributed by atoms with Gasteiger partial charge in [0.05, 0.1) is 12.4 Å². The van der Waals surface area contributed by atoms with E-state index in [1.165, 1.54) is 12.4 Å². The molecule has 6 heteroatoms. The maximum absolute atomic E-state index is 11.6. The van der Waals surface area contributed by atoms with Gasteiger partial charge >= 0.3 is 0 Å². The van der Waals surface area contributed by atoms with Crippen molar-refractivity contribution in [3.05, 3.63) is 17.5 Å². The summed E-state index contributed by atoms with van der Waals surface area (Å²) in [5.41, 5.74) is 0. The quantitative estimate of drug-likeness (QED) is 0.736. The van der Waals surface area contributed by atoms with Gasteiger partial charge in [-0.1, -0.05) is 11.6 Å². The van der Waals surface area contributed by atoms with Crippen molar-refractivity contribution in [3.63, 3.8) is 0 Å². The van der Waals surface area contributed by atoms with Crippen LogP contribution in [0.4, 0.5) is 8.78 Å². The first-order valence-electron chi connectivity index (χ1n) is 3.07. The molecule has 0 aliphatic carbocycles. The molecule has 1 aromatic rings. The molecule has 0 atom stereocenters. The van der Waals surface area contributed by atoms with Crippen molar-refractivity contribution in [1.82, 2.24) is 9.97 Å². The molecule has 0 aromatic carbocycles. The van der Waals surface area contributed by atoms with Gasteiger partial charge in [-0.3, -0.25) is 4.98 Å². The fourth-order valence-corrected chi connectivity index (χ4v) is 0.683. The second-order valence-corrected chi connectivity index (χ2v) is 2.27. The van der Waals surface area contributed by atoms with E-state index in [-0.39, 0.29) is 11.0 Å². The highest BCUT2D eigenvalue weighted by Gasteiger charge is 2.04. The third-order valence-electron chi connectivity index (χ3n) is 0.940. The summed E-state index contributed by atoms with van der Waals surface area (Å²) in [7, 11) is 0. The number of rotatable bonds is 3. The molecule has 66 valence electrons. The molecule has 12 heavy (non-hydrogen) atoms. The Bertz CT molecular complexity index is 259. The lowest BCUT2D eigenvalue weighted by atomic mass is 10.7. The number of alkyl halides is 2. The Morgan fingerprint density at radius 2 is 2.25 bits per heavy atom. The summed E-state index contributed by atoms with van der Waals surface area (Å²) in [6.07, 6.45) is -0.0174. The predicted octanol–water partition coefficient (Wildman–Crippen LogP) is 1.77. The van der Waals surface area contributed by atoms with Gasteiger partial charge in [-0.15, -0.1) is 0 Å². The van der Waals surface area contributed by atoms with Crippen LogP contribution < -0.4 is 4.74 Å². The Balaban J connectivity index is 2.52. The molecule has 1 rings (SSSR count). The fraction of sp³-hybridized carbons (Fsp3) is 0.333. The molecule has 0 aliphatic heterocycles. The highest BCUT2D eigenvalue weighted by molar-refractivity contribution is 6.29. The topological polar surface area (TPSA) is 35.0 Å². The zero-order chi connectivity index (χ0) is 8.97. The number of halogens is 3. The molecular formula is C6H5ClF2N2O. The lowest BCUT2D eigenvalue weighted by Gasteiger charge is -2.02. The number of hydrogen-bond acceptors (Lipinski definition) is 3. The van der Waals surface area contributed by atoms with Crippen LogP contribution in [-0.2, 0) is 0 Å². The second-order valence-electron chi connectivity index (χ2n) is 1.88. The Hall–Kier alpha value is -0.970. The van der Waals surface area contributed by atoms with Gasteiger partial charge in [0.2, 0.25) is 5.88 Å². The van der Waals surface area contributed by atoms with Crippen molar-refractivity contribution >= 4 is 11.6 Å². The minimum Gasteiger partial charge on any atom is -0.470 e. The molecule has 0 spiro atoms. The number of aromatic nitrogens is 2. The Morgan fingerprint density at radius 1 is 1.50 bits per heavy atom. The van der Waals surface area contributed by atoms with Crippen LogP contribution in [0.3, 0.4) is 0 Å². The average molecular weight is 195 g/mol. The van der Waals surface area contributed by atoms with Crippen molar-refractivity contribution in [2.24, 2.45) is 0 Å². The van der Waals surface area contributed by atoms with Crippen LogP contribution in [0.2, 0.25) is 5.15 Å². The summed E-state index contributed by atoms with van der Waals surface area (Å²) in [5, 5.41) is 0.113. The van der Waals surface area contributed by atoms with Gasteiger partial charge < -0.3 is 4.74 Å². The number of hydrogen-bond donors (Lipinski definition) is 0. The van der Waals surface area contributed by atoms with E-state index in [0.29, 0.717) is 0 Å². The maximum Gasteiger partial charge on any atom is 0.272 e. The van der Waals surface area contributed by atoms with E-state index in [4.69, 9.17) is 11.6 Å². The summed E-state index contributed by atoms with van der Waals surface area (Å²) in [6.45, 7) is -0.699. The summed E-state index contributed by atoms with van der Waals surface area (Å²) in [5.74, 6) is 0.00259. The molecule has 0 fully saturated rings. The fourth-order valence-electron chi connectivity index (χ4n) is 0.543. The second kappa shape index (κ2) is 4.15. The highest BCUT2D eigenvalue weighted by Crippen LogP contribution is 2.09. The van der Waals surface area contributed by atoms with Crippen molar-refractivity contribution in [2.45, 2.75) is 6.43 Å². The lowest BCUT2D eigenvalue weighted by Crippen LogP contribution is -2.08. The van der Waals surface area contributed by atoms with E-state index < -0.39 is 13.0 Å². The normalized spacial score (nSPS) is 10.3. The van der Waals surface area contributed by atoms with Gasteiger partial charge in [-0.2, -0.15) is 4.98 Å². The van der Waals surface area contributed by atoms with Gasteiger partial charge in [0.1, 0.15) is 0 Å². The molecule has 0 unspecified atom stereocenters. The highest BCUT2D eigenvalue weighted by atomic mass is 35.5. The van der Waals surface area contributed by atoms with Crippen LogP contribution in [0.15, 0.2) is 12.4 Å². The monoisotopic (exact) mass is 194 g/mol. The maximum atomic E-state index is 11.6. The predicted molar refractivity (Wildman–Crippen MR) is 38.5 cm³/mol. The first-order chi connectivity index (χ1) is 5.68. The Labute approximate surface area is 72.3 Å². The molecule has 1 aromatic heterocycles. The van der Waals surface area contributed by atoms with E-state index in [1.807, 2.05) is 0 Å². The zero-order valence-corrected chi connectivity index (χ0v) is 6.63. The molecule has 0 aliphatic rings. The van der Waals surface area contributed by atoms with Crippen LogP contribution in [-0.4, -0.2) is 23.0 Å². The van der Waals surface area contributed by atoms with Crippen molar-refractivity contribution in [1.29, 1.82) is 0 Å². The summed E-state index contributed by atoms with van der Waals surface area (Å²) in [6, 6.07) is 0. The van der Waals surface area contributed by atoms with E-state index in [0.717, 1.165) is 0 Å². The van der Waals surface area contributed by atoms with E-state index >= 15 is 0 Å². The lowest BCUT2D eigenvalue weighted by molar-refractivity contribution is 0.0794. The molecule has 0 N–H and O–H groups in total. The van der Waals surface area contributed by atoms with Crippen LogP contribution in [0.5, 0.6) is 5.88 Å². The SMILES string of the molecule is FC(F)COc1cncc(Cl)n1. The third kappa shape index (κ3) is 2.96. The van der Waals surface area contributed by atoms with E-state index in [1.54, 1.807) is 0 Å². The summed E-state index contributed by atoms with van der Waals surface area (Å²) in [4.78, 5) is 7.19. The number of nitrogens with zero attached hydrogens (tertiary/aromatic N) is 2. The third-order valence-corrected chi connectivity index (χ3v) is 1.12. The molecule has 0 bridgehead atoms. The summed E-state index contributed by atoms with van der Waals surface area (Å²) >= 11 is 5.42. The van der Waals surface area contributed by atoms with Crippen LogP contribution >= 0.6 is 11.6 Å². The number of ether oxygens (including phenoxy) is 1. The van der Waals surface area contributed by atoms with Crippen LogP contribution in [0.1, 0.15) is 0 Å². The zero-order valence-electron chi connectivity index (χ0n) is 5.88. The summed E-state index contributed by atoms with van der Waals surface area (Å²) < 4.78 is 27.8. The van der Waals surface area contributed by atoms with E-state index in [2.05, 4.69) is 14.7 Å². The van der Waals surface area contributed by atoms with Gasteiger partial charge in [-0.05, 0) is 0 Å². The first kappa shape index (κ1) is 9.12. The molecule has 0 saturated heterocycles. The van der Waals surface area contributed by atoms with E-state index in [9.17, 15) is 8.78 Å². The molecule has 1 heterocycles. The largest absolute Gasteiger partial charge is 0.470 e. The molecule has 0 saturated carbocycles. The van der Waals surface area contributed by atoms with Crippen molar-refractivity contribution < 1.29 is 13.5 Å². The van der Waals surface area contributed by atoms with Gasteiger partial charge in [0, 0.05) is 0 Å². The minimum absolute atomic E-state index is 0.00259. The van der Waals surface area contributed by atoms with Crippen LogP contribution in [0, 0.1) is 0 Å². The molecule has 0 radical (unpaired) electrons. The first-order valence-corrected chi connectivity index (χ1v) is 3.45. The van der Waals surface area contributed by atoms with Gasteiger partial charge in [-0.25, -0.2) is 8.78 Å². The van der Waals surface area contributed by atoms with Gasteiger partial charge in [0.15, 0.2) is 11.8 Å². The molecule has 0 amide bonds. The Morgan fingerprint density at radius 3 is 2.83 bits per heavy atom. The van der Waals surface area contributed by atoms with Crippen molar-refractivity contribution in [3.8, 4) is 5.88 Å².